The summed E-state index contributed by atoms with van der Waals surface area (Å²) < 4.78 is 31.5. The van der Waals surface area contributed by atoms with E-state index in [4.69, 9.17) is 14.2 Å². The minimum absolute atomic E-state index is 0.149. The summed E-state index contributed by atoms with van der Waals surface area (Å²) in [7, 11) is 1.54. The molecule has 0 aliphatic carbocycles. The third-order valence-corrected chi connectivity index (χ3v) is 5.57. The topological polar surface area (TPSA) is 64.1 Å². The number of benzene rings is 1. The van der Waals surface area contributed by atoms with Crippen LogP contribution < -0.4 is 4.74 Å². The molecule has 1 aromatic heterocycles. The quantitative estimate of drug-likeness (QED) is 0.864. The molecule has 6 nitrogen and oxygen atoms in total. The zero-order chi connectivity index (χ0) is 18.9. The lowest BCUT2D eigenvalue weighted by Crippen LogP contribution is -2.46. The molecule has 4 rings (SSSR count). The molecule has 0 saturated carbocycles. The zero-order valence-corrected chi connectivity index (χ0v) is 15.5. The Balaban J connectivity index is 1.56. The van der Waals surface area contributed by atoms with Gasteiger partial charge in [-0.05, 0) is 18.2 Å². The smallest absolute Gasteiger partial charge is 0.213 e. The van der Waals surface area contributed by atoms with Crippen LogP contribution in [0, 0.1) is 5.82 Å². The Morgan fingerprint density at radius 3 is 2.59 bits per heavy atom. The first-order chi connectivity index (χ1) is 13.1. The molecule has 3 heterocycles. The van der Waals surface area contributed by atoms with E-state index in [2.05, 4.69) is 9.88 Å². The van der Waals surface area contributed by atoms with Gasteiger partial charge in [0, 0.05) is 55.4 Å². The molecule has 2 aromatic rings. The fourth-order valence-electron chi connectivity index (χ4n) is 4.08. The van der Waals surface area contributed by atoms with E-state index in [0.717, 1.165) is 31.3 Å². The van der Waals surface area contributed by atoms with Crippen molar-refractivity contribution >= 4 is 10.9 Å². The molecule has 2 aliphatic rings. The number of methoxy groups -OCH3 is 1. The van der Waals surface area contributed by atoms with Crippen molar-refractivity contribution < 1.29 is 23.7 Å². The molecular formula is C20H25FN2O4. The van der Waals surface area contributed by atoms with Gasteiger partial charge in [0.05, 0.1) is 32.4 Å². The van der Waals surface area contributed by atoms with Crippen LogP contribution in [0.1, 0.15) is 24.3 Å². The molecule has 7 heteroatoms. The molecule has 2 saturated heterocycles. The van der Waals surface area contributed by atoms with Crippen LogP contribution in [0.5, 0.6) is 5.88 Å². The number of aromatic nitrogens is 1. The van der Waals surface area contributed by atoms with Crippen LogP contribution in [0.25, 0.3) is 10.9 Å². The molecule has 0 bridgehead atoms. The number of halogens is 1. The second kappa shape index (κ2) is 7.67. The van der Waals surface area contributed by atoms with E-state index in [1.54, 1.807) is 12.1 Å². The van der Waals surface area contributed by atoms with E-state index < -0.39 is 5.79 Å². The molecular weight excluding hydrogens is 351 g/mol. The van der Waals surface area contributed by atoms with Gasteiger partial charge < -0.3 is 24.2 Å². The normalized spacial score (nSPS) is 21.0. The summed E-state index contributed by atoms with van der Waals surface area (Å²) in [6.45, 7) is 3.28. The maximum Gasteiger partial charge on any atom is 0.213 e. The number of hydrogen-bond acceptors (Lipinski definition) is 6. The van der Waals surface area contributed by atoms with E-state index in [1.165, 1.54) is 13.2 Å². The summed E-state index contributed by atoms with van der Waals surface area (Å²) >= 11 is 0. The molecule has 27 heavy (non-hydrogen) atoms. The number of aliphatic hydroxyl groups is 1. The predicted octanol–water partition coefficient (Wildman–Crippen LogP) is 2.30. The number of pyridine rings is 1. The number of fused-ring (bicyclic) bond motifs is 1. The molecule has 2 aliphatic heterocycles. The van der Waals surface area contributed by atoms with Gasteiger partial charge in [0.2, 0.25) is 5.88 Å². The van der Waals surface area contributed by atoms with Gasteiger partial charge in [-0.15, -0.1) is 0 Å². The summed E-state index contributed by atoms with van der Waals surface area (Å²) in [5, 5.41) is 10.9. The highest BCUT2D eigenvalue weighted by molar-refractivity contribution is 5.83. The largest absolute Gasteiger partial charge is 0.481 e. The predicted molar refractivity (Wildman–Crippen MR) is 98.4 cm³/mol. The minimum atomic E-state index is -0.440. The molecule has 146 valence electrons. The van der Waals surface area contributed by atoms with Crippen LogP contribution in [0.4, 0.5) is 4.39 Å². The van der Waals surface area contributed by atoms with Gasteiger partial charge in [-0.3, -0.25) is 0 Å². The fourth-order valence-corrected chi connectivity index (χ4v) is 4.08. The van der Waals surface area contributed by atoms with Gasteiger partial charge in [-0.2, -0.15) is 0 Å². The second-order valence-electron chi connectivity index (χ2n) is 7.17. The average Bonchev–Trinajstić information content (AvgIpc) is 3.16. The first-order valence-corrected chi connectivity index (χ1v) is 9.38. The summed E-state index contributed by atoms with van der Waals surface area (Å²) in [5.74, 6) is -0.724. The van der Waals surface area contributed by atoms with E-state index in [9.17, 15) is 9.50 Å². The van der Waals surface area contributed by atoms with Crippen molar-refractivity contribution in [3.8, 4) is 5.88 Å². The van der Waals surface area contributed by atoms with Crippen LogP contribution in [-0.2, 0) is 9.47 Å². The number of likely N-dealkylation sites (tertiary alicyclic amines) is 1. The lowest BCUT2D eigenvalue weighted by molar-refractivity contribution is -0.185. The van der Waals surface area contributed by atoms with E-state index in [0.29, 0.717) is 36.7 Å². The van der Waals surface area contributed by atoms with E-state index in [-0.39, 0.29) is 18.3 Å². The molecule has 0 unspecified atom stereocenters. The first-order valence-electron chi connectivity index (χ1n) is 9.38. The maximum absolute atomic E-state index is 14.7. The third-order valence-electron chi connectivity index (χ3n) is 5.57. The Hall–Kier alpha value is -1.80. The van der Waals surface area contributed by atoms with Crippen LogP contribution >= 0.6 is 0 Å². The van der Waals surface area contributed by atoms with Gasteiger partial charge in [0.25, 0.3) is 0 Å². The van der Waals surface area contributed by atoms with Gasteiger partial charge in [-0.25, -0.2) is 9.37 Å². The Bertz CT molecular complexity index is 800. The lowest BCUT2D eigenvalue weighted by Gasteiger charge is -2.38. The summed E-state index contributed by atoms with van der Waals surface area (Å²) in [6, 6.07) is 6.76. The summed E-state index contributed by atoms with van der Waals surface area (Å²) in [5.41, 5.74) is 0.992. The highest BCUT2D eigenvalue weighted by Gasteiger charge is 2.40. The van der Waals surface area contributed by atoms with Crippen LogP contribution in [0.15, 0.2) is 24.3 Å². The summed E-state index contributed by atoms with van der Waals surface area (Å²) in [6.07, 6.45) is 1.57. The monoisotopic (exact) mass is 376 g/mol. The molecule has 0 amide bonds. The van der Waals surface area contributed by atoms with Gasteiger partial charge in [0.1, 0.15) is 5.82 Å². The minimum Gasteiger partial charge on any atom is -0.481 e. The van der Waals surface area contributed by atoms with Crippen LogP contribution in [0.3, 0.4) is 0 Å². The number of ether oxygens (including phenoxy) is 3. The SMILES string of the molecule is COc1ccc2ccc(F)c([C@@H](CO)CN3CCC4(CC3)OCCO4)c2n1. The molecule has 1 spiro atoms. The molecule has 0 radical (unpaired) electrons. The number of piperidine rings is 1. The Morgan fingerprint density at radius 2 is 1.93 bits per heavy atom. The average molecular weight is 376 g/mol. The van der Waals surface area contributed by atoms with Crippen molar-refractivity contribution in [2.75, 3.05) is 46.6 Å². The maximum atomic E-state index is 14.7. The Kier molecular flexibility index (Phi) is 5.27. The van der Waals surface area contributed by atoms with Crippen molar-refractivity contribution in [2.45, 2.75) is 24.5 Å². The van der Waals surface area contributed by atoms with Crippen molar-refractivity contribution in [1.29, 1.82) is 0 Å². The van der Waals surface area contributed by atoms with E-state index >= 15 is 0 Å². The number of nitrogens with zero attached hydrogens (tertiary/aromatic N) is 2. The van der Waals surface area contributed by atoms with Crippen molar-refractivity contribution in [2.24, 2.45) is 0 Å². The molecule has 1 N–H and O–H groups in total. The Morgan fingerprint density at radius 1 is 1.22 bits per heavy atom. The molecule has 1 aromatic carbocycles. The van der Waals surface area contributed by atoms with Crippen molar-refractivity contribution in [3.63, 3.8) is 0 Å². The third kappa shape index (κ3) is 3.65. The highest BCUT2D eigenvalue weighted by atomic mass is 19.1. The molecule has 1 atom stereocenters. The standard InChI is InChI=1S/C20H25FN2O4/c1-25-17-5-3-14-2-4-16(21)18(19(14)22-17)15(13-24)12-23-8-6-20(7-9-23)26-10-11-27-20/h2-5,15,24H,6-13H2,1H3/t15-/m1/s1. The zero-order valence-electron chi connectivity index (χ0n) is 15.5. The lowest BCUT2D eigenvalue weighted by atomic mass is 9.94. The Labute approximate surface area is 157 Å². The van der Waals surface area contributed by atoms with E-state index in [1.807, 2.05) is 6.07 Å². The van der Waals surface area contributed by atoms with Gasteiger partial charge in [-0.1, -0.05) is 0 Å². The van der Waals surface area contributed by atoms with Crippen LogP contribution in [0.2, 0.25) is 0 Å². The first kappa shape index (κ1) is 18.6. The van der Waals surface area contributed by atoms with Gasteiger partial charge in [0.15, 0.2) is 5.79 Å². The number of hydrogen-bond donors (Lipinski definition) is 1. The fraction of sp³-hybridized carbons (Fsp3) is 0.550. The van der Waals surface area contributed by atoms with Crippen LogP contribution in [-0.4, -0.2) is 67.3 Å². The molecule has 2 fully saturated rings. The second-order valence-corrected chi connectivity index (χ2v) is 7.17. The number of rotatable bonds is 5. The highest BCUT2D eigenvalue weighted by Crippen LogP contribution is 2.34. The van der Waals surface area contributed by atoms with Crippen molar-refractivity contribution in [3.05, 3.63) is 35.6 Å². The van der Waals surface area contributed by atoms with Crippen molar-refractivity contribution in [1.82, 2.24) is 9.88 Å². The number of aliphatic hydroxyl groups excluding tert-OH is 1. The summed E-state index contributed by atoms with van der Waals surface area (Å²) in [4.78, 5) is 6.67. The van der Waals surface area contributed by atoms with Gasteiger partial charge >= 0.3 is 0 Å².